The molecule has 0 saturated heterocycles. The zero-order valence-corrected chi connectivity index (χ0v) is 10.3. The van der Waals surface area contributed by atoms with Gasteiger partial charge in [-0.2, -0.15) is 0 Å². The van der Waals surface area contributed by atoms with Gasteiger partial charge in [-0.25, -0.2) is 4.98 Å². The highest BCUT2D eigenvalue weighted by Gasteiger charge is 2.07. The van der Waals surface area contributed by atoms with Gasteiger partial charge >= 0.3 is 0 Å². The molecule has 5 heteroatoms. The maximum absolute atomic E-state index is 11.6. The summed E-state index contributed by atoms with van der Waals surface area (Å²) < 4.78 is 0. The third kappa shape index (κ3) is 4.21. The number of carbonyl (C=O) groups excluding carboxylic acids is 1. The summed E-state index contributed by atoms with van der Waals surface area (Å²) in [6.45, 7) is 2.52. The van der Waals surface area contributed by atoms with E-state index in [1.165, 1.54) is 12.1 Å². The van der Waals surface area contributed by atoms with Gasteiger partial charge in [-0.3, -0.25) is 4.79 Å². The lowest BCUT2D eigenvalue weighted by atomic mass is 10.2. The number of halogens is 2. The molecule has 1 heterocycles. The molecule has 1 N–H and O–H groups in total. The SMILES string of the molecule is C/C=C/CCNC(=O)c1cc(Cl)nc(Cl)c1. The van der Waals surface area contributed by atoms with Gasteiger partial charge in [0.2, 0.25) is 0 Å². The molecule has 0 unspecified atom stereocenters. The molecule has 0 aliphatic rings. The summed E-state index contributed by atoms with van der Waals surface area (Å²) in [6.07, 6.45) is 4.72. The zero-order valence-electron chi connectivity index (χ0n) is 8.84. The number of carbonyl (C=O) groups is 1. The van der Waals surface area contributed by atoms with Crippen LogP contribution in [0.4, 0.5) is 0 Å². The molecule has 0 bridgehead atoms. The average Bonchev–Trinajstić information content (AvgIpc) is 2.22. The minimum Gasteiger partial charge on any atom is -0.352 e. The molecule has 0 spiro atoms. The maximum Gasteiger partial charge on any atom is 0.251 e. The first-order valence-electron chi connectivity index (χ1n) is 4.86. The van der Waals surface area contributed by atoms with Crippen LogP contribution < -0.4 is 5.32 Å². The Balaban J connectivity index is 2.59. The molecule has 0 saturated carbocycles. The third-order valence-electron chi connectivity index (χ3n) is 1.86. The Kier molecular flexibility index (Phi) is 5.29. The molecule has 1 aromatic rings. The van der Waals surface area contributed by atoms with Gasteiger partial charge in [-0.15, -0.1) is 0 Å². The van der Waals surface area contributed by atoms with Gasteiger partial charge in [0.05, 0.1) is 0 Å². The standard InChI is InChI=1S/C11H12Cl2N2O/c1-2-3-4-5-14-11(16)8-6-9(12)15-10(13)7-8/h2-3,6-7H,4-5H2,1H3,(H,14,16)/b3-2+. The van der Waals surface area contributed by atoms with Crippen LogP contribution in [0.5, 0.6) is 0 Å². The highest BCUT2D eigenvalue weighted by Crippen LogP contribution is 2.14. The molecule has 1 aromatic heterocycles. The molecule has 0 fully saturated rings. The first kappa shape index (κ1) is 13.0. The van der Waals surface area contributed by atoms with Gasteiger partial charge < -0.3 is 5.32 Å². The molecule has 1 rings (SSSR count). The van der Waals surface area contributed by atoms with Gasteiger partial charge in [0.15, 0.2) is 0 Å². The summed E-state index contributed by atoms with van der Waals surface area (Å²) in [7, 11) is 0. The predicted molar refractivity (Wildman–Crippen MR) is 66.0 cm³/mol. The second kappa shape index (κ2) is 6.51. The zero-order chi connectivity index (χ0) is 12.0. The van der Waals surface area contributed by atoms with E-state index >= 15 is 0 Å². The predicted octanol–water partition coefficient (Wildman–Crippen LogP) is 3.08. The molecule has 0 aliphatic carbocycles. The second-order valence-corrected chi connectivity index (χ2v) is 3.89. The Morgan fingerprint density at radius 2 is 2.06 bits per heavy atom. The fourth-order valence-corrected chi connectivity index (χ4v) is 1.59. The number of allylic oxidation sites excluding steroid dienone is 1. The molecular formula is C11H12Cl2N2O. The van der Waals surface area contributed by atoms with E-state index in [2.05, 4.69) is 10.3 Å². The quantitative estimate of drug-likeness (QED) is 0.513. The molecular weight excluding hydrogens is 247 g/mol. The van der Waals surface area contributed by atoms with Crippen LogP contribution in [0.1, 0.15) is 23.7 Å². The van der Waals surface area contributed by atoms with Crippen LogP contribution >= 0.6 is 23.2 Å². The van der Waals surface area contributed by atoms with E-state index < -0.39 is 0 Å². The minimum absolute atomic E-state index is 0.198. The monoisotopic (exact) mass is 258 g/mol. The number of hydrogen-bond acceptors (Lipinski definition) is 2. The van der Waals surface area contributed by atoms with Crippen molar-refractivity contribution < 1.29 is 4.79 Å². The molecule has 3 nitrogen and oxygen atoms in total. The molecule has 86 valence electrons. The minimum atomic E-state index is -0.198. The Labute approximate surface area is 104 Å². The number of pyridine rings is 1. The van der Waals surface area contributed by atoms with Crippen LogP contribution in [0.25, 0.3) is 0 Å². The lowest BCUT2D eigenvalue weighted by Gasteiger charge is -2.04. The van der Waals surface area contributed by atoms with Crippen LogP contribution in [-0.4, -0.2) is 17.4 Å². The Morgan fingerprint density at radius 1 is 1.44 bits per heavy atom. The van der Waals surface area contributed by atoms with E-state index in [1.54, 1.807) is 0 Å². The molecule has 1 amide bonds. The van der Waals surface area contributed by atoms with Crippen LogP contribution in [0.15, 0.2) is 24.3 Å². The number of nitrogens with zero attached hydrogens (tertiary/aromatic N) is 1. The Bertz CT molecular complexity index is 385. The highest BCUT2D eigenvalue weighted by molar-refractivity contribution is 6.33. The highest BCUT2D eigenvalue weighted by atomic mass is 35.5. The van der Waals surface area contributed by atoms with Crippen molar-refractivity contribution in [3.8, 4) is 0 Å². The maximum atomic E-state index is 11.6. The number of aromatic nitrogens is 1. The summed E-state index contributed by atoms with van der Waals surface area (Å²) in [5.41, 5.74) is 0.422. The summed E-state index contributed by atoms with van der Waals surface area (Å²) in [6, 6.07) is 2.97. The van der Waals surface area contributed by atoms with Crippen molar-refractivity contribution >= 4 is 29.1 Å². The van der Waals surface area contributed by atoms with Gasteiger partial charge in [-0.05, 0) is 25.5 Å². The first-order chi connectivity index (χ1) is 7.63. The van der Waals surface area contributed by atoms with Crippen molar-refractivity contribution in [3.05, 3.63) is 40.2 Å². The van der Waals surface area contributed by atoms with E-state index in [4.69, 9.17) is 23.2 Å². The van der Waals surface area contributed by atoms with Crippen molar-refractivity contribution in [2.24, 2.45) is 0 Å². The van der Waals surface area contributed by atoms with Crippen molar-refractivity contribution in [2.75, 3.05) is 6.54 Å². The molecule has 16 heavy (non-hydrogen) atoms. The van der Waals surface area contributed by atoms with Crippen molar-refractivity contribution in [3.63, 3.8) is 0 Å². The summed E-state index contributed by atoms with van der Waals surface area (Å²) >= 11 is 11.4. The summed E-state index contributed by atoms with van der Waals surface area (Å²) in [5, 5.41) is 3.18. The van der Waals surface area contributed by atoms with E-state index in [0.717, 1.165) is 6.42 Å². The van der Waals surface area contributed by atoms with Crippen molar-refractivity contribution in [1.29, 1.82) is 0 Å². The van der Waals surface area contributed by atoms with Crippen molar-refractivity contribution in [1.82, 2.24) is 10.3 Å². The summed E-state index contributed by atoms with van der Waals surface area (Å²) in [5.74, 6) is -0.198. The van der Waals surface area contributed by atoms with E-state index in [-0.39, 0.29) is 16.2 Å². The third-order valence-corrected chi connectivity index (χ3v) is 2.24. The van der Waals surface area contributed by atoms with E-state index in [0.29, 0.717) is 12.1 Å². The molecule has 0 radical (unpaired) electrons. The number of rotatable bonds is 4. The number of amides is 1. The lowest BCUT2D eigenvalue weighted by Crippen LogP contribution is -2.24. The number of nitrogens with one attached hydrogen (secondary N) is 1. The fourth-order valence-electron chi connectivity index (χ4n) is 1.13. The van der Waals surface area contributed by atoms with Crippen LogP contribution in [0.2, 0.25) is 10.3 Å². The first-order valence-corrected chi connectivity index (χ1v) is 5.61. The molecule has 0 aromatic carbocycles. The smallest absolute Gasteiger partial charge is 0.251 e. The average molecular weight is 259 g/mol. The normalized spacial score (nSPS) is 10.7. The van der Waals surface area contributed by atoms with Crippen LogP contribution in [-0.2, 0) is 0 Å². The summed E-state index contributed by atoms with van der Waals surface area (Å²) in [4.78, 5) is 15.4. The van der Waals surface area contributed by atoms with Crippen LogP contribution in [0.3, 0.4) is 0 Å². The van der Waals surface area contributed by atoms with E-state index in [1.807, 2.05) is 19.1 Å². The van der Waals surface area contributed by atoms with Gasteiger partial charge in [0.1, 0.15) is 10.3 Å². The topological polar surface area (TPSA) is 42.0 Å². The lowest BCUT2D eigenvalue weighted by molar-refractivity contribution is 0.0954. The second-order valence-electron chi connectivity index (χ2n) is 3.11. The number of hydrogen-bond donors (Lipinski definition) is 1. The van der Waals surface area contributed by atoms with Crippen LogP contribution in [0, 0.1) is 0 Å². The molecule has 0 aliphatic heterocycles. The fraction of sp³-hybridized carbons (Fsp3) is 0.273. The van der Waals surface area contributed by atoms with Gasteiger partial charge in [0.25, 0.3) is 5.91 Å². The largest absolute Gasteiger partial charge is 0.352 e. The Hall–Kier alpha value is -1.06. The van der Waals surface area contributed by atoms with E-state index in [9.17, 15) is 4.79 Å². The van der Waals surface area contributed by atoms with Crippen molar-refractivity contribution in [2.45, 2.75) is 13.3 Å². The van der Waals surface area contributed by atoms with Gasteiger partial charge in [0, 0.05) is 12.1 Å². The Morgan fingerprint density at radius 3 is 2.62 bits per heavy atom. The van der Waals surface area contributed by atoms with Gasteiger partial charge in [-0.1, -0.05) is 35.4 Å². The molecule has 0 atom stereocenters.